The van der Waals surface area contributed by atoms with Gasteiger partial charge in [0.25, 0.3) is 5.91 Å². The molecule has 0 spiro atoms. The molecule has 2 N–H and O–H groups in total. The number of benzene rings is 3. The summed E-state index contributed by atoms with van der Waals surface area (Å²) >= 11 is 1.29. The summed E-state index contributed by atoms with van der Waals surface area (Å²) in [6.07, 6.45) is 0. The molecule has 0 aliphatic rings. The second-order valence-corrected chi connectivity index (χ2v) is 9.11. The summed E-state index contributed by atoms with van der Waals surface area (Å²) in [6, 6.07) is 24.5. The first-order valence-electron chi connectivity index (χ1n) is 11.3. The van der Waals surface area contributed by atoms with E-state index < -0.39 is 0 Å². The molecule has 1 aromatic heterocycles. The lowest BCUT2D eigenvalue weighted by molar-refractivity contribution is -0.113. The maximum absolute atomic E-state index is 12.9. The van der Waals surface area contributed by atoms with E-state index in [2.05, 4.69) is 20.8 Å². The second-order valence-electron chi connectivity index (χ2n) is 8.17. The molecule has 8 heteroatoms. The number of para-hydroxylation sites is 1. The van der Waals surface area contributed by atoms with Crippen LogP contribution in [0.1, 0.15) is 34.5 Å². The minimum atomic E-state index is -0.249. The van der Waals surface area contributed by atoms with Crippen LogP contribution in [-0.2, 0) is 11.8 Å². The van der Waals surface area contributed by atoms with Gasteiger partial charge in [-0.15, -0.1) is 10.2 Å². The lowest BCUT2D eigenvalue weighted by Crippen LogP contribution is -2.28. The third-order valence-corrected chi connectivity index (χ3v) is 6.67. The Morgan fingerprint density at radius 2 is 1.63 bits per heavy atom. The topological polar surface area (TPSA) is 88.9 Å². The maximum Gasteiger partial charge on any atom is 0.253 e. The molecule has 0 radical (unpaired) electrons. The minimum Gasteiger partial charge on any atom is -0.345 e. The van der Waals surface area contributed by atoms with Gasteiger partial charge in [0.05, 0.1) is 23.0 Å². The fraction of sp³-hybridized carbons (Fsp3) is 0.185. The number of rotatable bonds is 8. The molecule has 35 heavy (non-hydrogen) atoms. The molecule has 0 saturated heterocycles. The SMILES string of the molecule is Cc1ccccc1-c1nnc(SCC(=O)Nc2ccccc2C(=O)N[C@H](C)c2ccccc2)n1C. The molecule has 0 aliphatic carbocycles. The van der Waals surface area contributed by atoms with Crippen LogP contribution in [0.3, 0.4) is 0 Å². The predicted octanol–water partition coefficient (Wildman–Crippen LogP) is 5.01. The van der Waals surface area contributed by atoms with E-state index in [1.54, 1.807) is 24.3 Å². The summed E-state index contributed by atoms with van der Waals surface area (Å²) in [7, 11) is 1.88. The highest BCUT2D eigenvalue weighted by Gasteiger charge is 2.18. The van der Waals surface area contributed by atoms with E-state index in [9.17, 15) is 9.59 Å². The number of anilines is 1. The van der Waals surface area contributed by atoms with Gasteiger partial charge in [-0.05, 0) is 37.1 Å². The van der Waals surface area contributed by atoms with Gasteiger partial charge in [0.1, 0.15) is 0 Å². The van der Waals surface area contributed by atoms with E-state index in [-0.39, 0.29) is 23.6 Å². The van der Waals surface area contributed by atoms with Crippen LogP contribution in [0.15, 0.2) is 84.0 Å². The molecule has 4 rings (SSSR count). The van der Waals surface area contributed by atoms with Gasteiger partial charge >= 0.3 is 0 Å². The third-order valence-electron chi connectivity index (χ3n) is 5.65. The van der Waals surface area contributed by atoms with E-state index in [0.29, 0.717) is 16.4 Å². The summed E-state index contributed by atoms with van der Waals surface area (Å²) in [5.41, 5.74) is 3.99. The fourth-order valence-corrected chi connectivity index (χ4v) is 4.42. The quantitative estimate of drug-likeness (QED) is 0.343. The van der Waals surface area contributed by atoms with Crippen LogP contribution in [-0.4, -0.2) is 32.3 Å². The average molecular weight is 486 g/mol. The summed E-state index contributed by atoms with van der Waals surface area (Å²) in [4.78, 5) is 25.7. The van der Waals surface area contributed by atoms with Crippen molar-refractivity contribution in [1.82, 2.24) is 20.1 Å². The lowest BCUT2D eigenvalue weighted by Gasteiger charge is -2.16. The van der Waals surface area contributed by atoms with Crippen molar-refractivity contribution in [2.24, 2.45) is 7.05 Å². The van der Waals surface area contributed by atoms with Gasteiger partial charge in [0, 0.05) is 12.6 Å². The van der Waals surface area contributed by atoms with Gasteiger partial charge in [-0.2, -0.15) is 0 Å². The zero-order valence-corrected chi connectivity index (χ0v) is 20.7. The van der Waals surface area contributed by atoms with Crippen molar-refractivity contribution < 1.29 is 9.59 Å². The summed E-state index contributed by atoms with van der Waals surface area (Å²) in [6.45, 7) is 3.95. The van der Waals surface area contributed by atoms with Crippen molar-refractivity contribution in [3.8, 4) is 11.4 Å². The molecular weight excluding hydrogens is 458 g/mol. The Bertz CT molecular complexity index is 1340. The maximum atomic E-state index is 12.9. The van der Waals surface area contributed by atoms with Crippen LogP contribution in [0, 0.1) is 6.92 Å². The molecule has 3 aromatic carbocycles. The Labute approximate surface area is 209 Å². The molecule has 0 saturated carbocycles. The molecule has 0 unspecified atom stereocenters. The number of carbonyl (C=O) groups excluding carboxylic acids is 2. The highest BCUT2D eigenvalue weighted by Crippen LogP contribution is 2.25. The Kier molecular flexibility index (Phi) is 7.62. The Balaban J connectivity index is 1.40. The van der Waals surface area contributed by atoms with Crippen LogP contribution in [0.25, 0.3) is 11.4 Å². The number of aromatic nitrogens is 3. The van der Waals surface area contributed by atoms with Crippen molar-refractivity contribution in [2.75, 3.05) is 11.1 Å². The van der Waals surface area contributed by atoms with Crippen molar-refractivity contribution >= 4 is 29.3 Å². The molecule has 1 heterocycles. The van der Waals surface area contributed by atoms with Crippen LogP contribution >= 0.6 is 11.8 Å². The van der Waals surface area contributed by atoms with Gasteiger partial charge in [-0.1, -0.05) is 78.5 Å². The molecule has 0 bridgehead atoms. The largest absolute Gasteiger partial charge is 0.345 e. The third kappa shape index (κ3) is 5.78. The molecule has 0 fully saturated rings. The number of hydrogen-bond acceptors (Lipinski definition) is 5. The molecule has 7 nitrogen and oxygen atoms in total. The Hall–Kier alpha value is -3.91. The molecule has 178 valence electrons. The molecule has 4 aromatic rings. The first-order valence-corrected chi connectivity index (χ1v) is 12.3. The van der Waals surface area contributed by atoms with E-state index in [1.165, 1.54) is 11.8 Å². The second kappa shape index (κ2) is 11.0. The summed E-state index contributed by atoms with van der Waals surface area (Å²) in [5.74, 6) is 0.407. The lowest BCUT2D eigenvalue weighted by atomic mass is 10.1. The Morgan fingerprint density at radius 3 is 2.40 bits per heavy atom. The Morgan fingerprint density at radius 1 is 0.943 bits per heavy atom. The number of thioether (sulfide) groups is 1. The number of aryl methyl sites for hydroxylation is 1. The molecule has 2 amide bonds. The van der Waals surface area contributed by atoms with Gasteiger partial charge in [0.15, 0.2) is 11.0 Å². The van der Waals surface area contributed by atoms with Gasteiger partial charge < -0.3 is 15.2 Å². The molecule has 1 atom stereocenters. The van der Waals surface area contributed by atoms with E-state index in [0.717, 1.165) is 22.5 Å². The summed E-state index contributed by atoms with van der Waals surface area (Å²) in [5, 5.41) is 15.1. The van der Waals surface area contributed by atoms with Gasteiger partial charge in [-0.25, -0.2) is 0 Å². The van der Waals surface area contributed by atoms with E-state index >= 15 is 0 Å². The highest BCUT2D eigenvalue weighted by atomic mass is 32.2. The first-order chi connectivity index (χ1) is 16.9. The monoisotopic (exact) mass is 485 g/mol. The standard InChI is InChI=1S/C27H27N5O2S/c1-18-11-7-8-14-21(18)25-30-31-27(32(25)3)35-17-24(33)29-23-16-10-9-15-22(23)26(34)28-19(2)20-12-5-4-6-13-20/h4-16,19H,17H2,1-3H3,(H,28,34)(H,29,33)/t19-/m1/s1. The number of hydrogen-bond donors (Lipinski definition) is 2. The van der Waals surface area contributed by atoms with Crippen molar-refractivity contribution in [2.45, 2.75) is 25.0 Å². The number of nitrogens with zero attached hydrogens (tertiary/aromatic N) is 3. The van der Waals surface area contributed by atoms with Crippen LogP contribution in [0.2, 0.25) is 0 Å². The molecular formula is C27H27N5O2S. The minimum absolute atomic E-state index is 0.135. The van der Waals surface area contributed by atoms with Crippen molar-refractivity contribution in [3.05, 3.63) is 95.6 Å². The number of amides is 2. The zero-order chi connectivity index (χ0) is 24.8. The first kappa shape index (κ1) is 24.2. The normalized spacial score (nSPS) is 11.6. The number of carbonyl (C=O) groups is 2. The molecule has 0 aliphatic heterocycles. The van der Waals surface area contributed by atoms with Crippen molar-refractivity contribution in [1.29, 1.82) is 0 Å². The fourth-order valence-electron chi connectivity index (χ4n) is 3.70. The zero-order valence-electron chi connectivity index (χ0n) is 19.9. The predicted molar refractivity (Wildman–Crippen MR) is 139 cm³/mol. The smallest absolute Gasteiger partial charge is 0.253 e. The van der Waals surface area contributed by atoms with E-state index in [1.807, 2.05) is 80.1 Å². The van der Waals surface area contributed by atoms with E-state index in [4.69, 9.17) is 0 Å². The van der Waals surface area contributed by atoms with Crippen LogP contribution in [0.5, 0.6) is 0 Å². The van der Waals surface area contributed by atoms with Gasteiger partial charge in [0.2, 0.25) is 5.91 Å². The van der Waals surface area contributed by atoms with Gasteiger partial charge in [-0.3, -0.25) is 9.59 Å². The number of nitrogens with one attached hydrogen (secondary N) is 2. The highest BCUT2D eigenvalue weighted by molar-refractivity contribution is 7.99. The van der Waals surface area contributed by atoms with Crippen LogP contribution in [0.4, 0.5) is 5.69 Å². The summed E-state index contributed by atoms with van der Waals surface area (Å²) < 4.78 is 1.88. The van der Waals surface area contributed by atoms with Crippen LogP contribution < -0.4 is 10.6 Å². The average Bonchev–Trinajstić information content (AvgIpc) is 3.23. The van der Waals surface area contributed by atoms with Crippen molar-refractivity contribution in [3.63, 3.8) is 0 Å².